The van der Waals surface area contributed by atoms with E-state index >= 15 is 0 Å². The van der Waals surface area contributed by atoms with E-state index in [0.717, 1.165) is 32.5 Å². The van der Waals surface area contributed by atoms with E-state index in [-0.39, 0.29) is 11.8 Å². The molecule has 0 amide bonds. The molecule has 0 aromatic rings. The van der Waals surface area contributed by atoms with Crippen molar-refractivity contribution in [1.82, 2.24) is 4.90 Å². The number of aliphatic carboxylic acids is 1. The van der Waals surface area contributed by atoms with Crippen LogP contribution in [0, 0.1) is 5.41 Å². The van der Waals surface area contributed by atoms with E-state index in [2.05, 4.69) is 18.4 Å². The van der Waals surface area contributed by atoms with Gasteiger partial charge in [0.25, 0.3) is 0 Å². The Balaban J connectivity index is 2.52. The van der Waals surface area contributed by atoms with Crippen molar-refractivity contribution in [3.63, 3.8) is 0 Å². The second-order valence-corrected chi connectivity index (χ2v) is 4.51. The molecule has 1 saturated heterocycles. The van der Waals surface area contributed by atoms with Crippen molar-refractivity contribution in [1.29, 1.82) is 0 Å². The molecule has 1 fully saturated rings. The van der Waals surface area contributed by atoms with Crippen LogP contribution in [-0.4, -0.2) is 35.6 Å². The molecule has 0 saturated carbocycles. The third kappa shape index (κ3) is 3.14. The highest BCUT2D eigenvalue weighted by molar-refractivity contribution is 5.67. The van der Waals surface area contributed by atoms with Crippen molar-refractivity contribution >= 4 is 5.97 Å². The number of nitrogens with zero attached hydrogens (tertiary/aromatic N) is 1. The fraction of sp³-hybridized carbons (Fsp3) is 0.727. The van der Waals surface area contributed by atoms with Gasteiger partial charge in [0.15, 0.2) is 0 Å². The molecule has 3 heteroatoms. The van der Waals surface area contributed by atoms with Crippen molar-refractivity contribution in [2.45, 2.75) is 26.2 Å². The third-order valence-corrected chi connectivity index (χ3v) is 2.83. The standard InChI is InChI=1S/C11H19NO2/c1-3-6-12-7-4-5-11(2,9-12)8-10(13)14/h3H,1,4-9H2,2H3,(H,13,14). The van der Waals surface area contributed by atoms with Gasteiger partial charge in [0.2, 0.25) is 0 Å². The number of hydrogen-bond acceptors (Lipinski definition) is 2. The van der Waals surface area contributed by atoms with Gasteiger partial charge in [-0.3, -0.25) is 9.69 Å². The summed E-state index contributed by atoms with van der Waals surface area (Å²) in [5, 5.41) is 8.81. The highest BCUT2D eigenvalue weighted by atomic mass is 16.4. The lowest BCUT2D eigenvalue weighted by Crippen LogP contribution is -2.42. The Labute approximate surface area is 85.4 Å². The SMILES string of the molecule is C=CCN1CCCC(C)(CC(=O)O)C1. The van der Waals surface area contributed by atoms with Crippen molar-refractivity contribution in [3.05, 3.63) is 12.7 Å². The topological polar surface area (TPSA) is 40.5 Å². The second-order valence-electron chi connectivity index (χ2n) is 4.51. The van der Waals surface area contributed by atoms with E-state index in [1.807, 2.05) is 6.08 Å². The predicted octanol–water partition coefficient (Wildman–Crippen LogP) is 1.75. The summed E-state index contributed by atoms with van der Waals surface area (Å²) < 4.78 is 0. The molecule has 14 heavy (non-hydrogen) atoms. The molecule has 0 radical (unpaired) electrons. The Morgan fingerprint density at radius 3 is 3.00 bits per heavy atom. The number of carbonyl (C=O) groups is 1. The summed E-state index contributed by atoms with van der Waals surface area (Å²) in [4.78, 5) is 13.0. The van der Waals surface area contributed by atoms with Crippen molar-refractivity contribution in [3.8, 4) is 0 Å². The fourth-order valence-electron chi connectivity index (χ4n) is 2.28. The largest absolute Gasteiger partial charge is 0.481 e. The smallest absolute Gasteiger partial charge is 0.303 e. The van der Waals surface area contributed by atoms with Crippen LogP contribution in [0.5, 0.6) is 0 Å². The van der Waals surface area contributed by atoms with Crippen LogP contribution >= 0.6 is 0 Å². The van der Waals surface area contributed by atoms with E-state index in [1.54, 1.807) is 0 Å². The van der Waals surface area contributed by atoms with Crippen LogP contribution in [0.15, 0.2) is 12.7 Å². The molecule has 0 spiro atoms. The normalized spacial score (nSPS) is 28.6. The number of rotatable bonds is 4. The average Bonchev–Trinajstić information content (AvgIpc) is 2.01. The number of hydrogen-bond donors (Lipinski definition) is 1. The molecule has 0 bridgehead atoms. The van der Waals surface area contributed by atoms with Crippen LogP contribution in [-0.2, 0) is 4.79 Å². The van der Waals surface area contributed by atoms with E-state index in [4.69, 9.17) is 5.11 Å². The molecule has 0 aromatic heterocycles. The summed E-state index contributed by atoms with van der Waals surface area (Å²) in [5.74, 6) is -0.687. The summed E-state index contributed by atoms with van der Waals surface area (Å²) in [7, 11) is 0. The van der Waals surface area contributed by atoms with Crippen LogP contribution in [0.1, 0.15) is 26.2 Å². The molecular formula is C11H19NO2. The summed E-state index contributed by atoms with van der Waals surface area (Å²) in [6.45, 7) is 8.59. The third-order valence-electron chi connectivity index (χ3n) is 2.83. The van der Waals surface area contributed by atoms with Gasteiger partial charge in [-0.15, -0.1) is 6.58 Å². The lowest BCUT2D eigenvalue weighted by Gasteiger charge is -2.39. The number of carboxylic acids is 1. The molecule has 0 aromatic carbocycles. The molecule has 80 valence electrons. The zero-order chi connectivity index (χ0) is 10.6. The van der Waals surface area contributed by atoms with Crippen LogP contribution in [0.4, 0.5) is 0 Å². The minimum atomic E-state index is -0.687. The Kier molecular flexibility index (Phi) is 3.69. The summed E-state index contributed by atoms with van der Waals surface area (Å²) in [5.41, 5.74) is -0.0485. The van der Waals surface area contributed by atoms with E-state index in [9.17, 15) is 4.79 Å². The van der Waals surface area contributed by atoms with Crippen LogP contribution < -0.4 is 0 Å². The van der Waals surface area contributed by atoms with Crippen LogP contribution in [0.25, 0.3) is 0 Å². The average molecular weight is 197 g/mol. The minimum absolute atomic E-state index is 0.0485. The summed E-state index contributed by atoms with van der Waals surface area (Å²) in [6, 6.07) is 0. The molecular weight excluding hydrogens is 178 g/mol. The van der Waals surface area contributed by atoms with E-state index < -0.39 is 5.97 Å². The molecule has 1 unspecified atom stereocenters. The fourth-order valence-corrected chi connectivity index (χ4v) is 2.28. The van der Waals surface area contributed by atoms with Gasteiger partial charge in [-0.05, 0) is 24.8 Å². The lowest BCUT2D eigenvalue weighted by atomic mass is 9.79. The van der Waals surface area contributed by atoms with E-state index in [0.29, 0.717) is 0 Å². The zero-order valence-electron chi connectivity index (χ0n) is 8.83. The molecule has 1 aliphatic heterocycles. The zero-order valence-corrected chi connectivity index (χ0v) is 8.83. The van der Waals surface area contributed by atoms with Gasteiger partial charge in [0, 0.05) is 13.1 Å². The maximum Gasteiger partial charge on any atom is 0.303 e. The van der Waals surface area contributed by atoms with Gasteiger partial charge in [0.1, 0.15) is 0 Å². The van der Waals surface area contributed by atoms with Crippen LogP contribution in [0.2, 0.25) is 0 Å². The van der Waals surface area contributed by atoms with Gasteiger partial charge in [0.05, 0.1) is 6.42 Å². The molecule has 1 rings (SSSR count). The number of carboxylic acid groups (broad SMARTS) is 1. The molecule has 1 aliphatic rings. The highest BCUT2D eigenvalue weighted by Crippen LogP contribution is 2.32. The van der Waals surface area contributed by atoms with Crippen molar-refractivity contribution < 1.29 is 9.90 Å². The van der Waals surface area contributed by atoms with Crippen molar-refractivity contribution in [2.24, 2.45) is 5.41 Å². The quantitative estimate of drug-likeness (QED) is 0.698. The van der Waals surface area contributed by atoms with Gasteiger partial charge >= 0.3 is 5.97 Å². The molecule has 1 atom stereocenters. The summed E-state index contributed by atoms with van der Waals surface area (Å²) >= 11 is 0. The van der Waals surface area contributed by atoms with Gasteiger partial charge < -0.3 is 5.11 Å². The Bertz CT molecular complexity index is 227. The van der Waals surface area contributed by atoms with Gasteiger partial charge in [-0.25, -0.2) is 0 Å². The van der Waals surface area contributed by atoms with Gasteiger partial charge in [-0.2, -0.15) is 0 Å². The first-order valence-corrected chi connectivity index (χ1v) is 5.11. The Morgan fingerprint density at radius 2 is 2.43 bits per heavy atom. The second kappa shape index (κ2) is 4.60. The maximum atomic E-state index is 10.7. The minimum Gasteiger partial charge on any atom is -0.481 e. The Morgan fingerprint density at radius 1 is 1.71 bits per heavy atom. The van der Waals surface area contributed by atoms with Crippen LogP contribution in [0.3, 0.4) is 0 Å². The molecule has 3 nitrogen and oxygen atoms in total. The number of piperidine rings is 1. The first kappa shape index (κ1) is 11.2. The monoisotopic (exact) mass is 197 g/mol. The predicted molar refractivity (Wildman–Crippen MR) is 56.2 cm³/mol. The Hall–Kier alpha value is -0.830. The highest BCUT2D eigenvalue weighted by Gasteiger charge is 2.32. The lowest BCUT2D eigenvalue weighted by molar-refractivity contribution is -0.140. The maximum absolute atomic E-state index is 10.7. The summed E-state index contributed by atoms with van der Waals surface area (Å²) in [6.07, 6.45) is 4.28. The molecule has 0 aliphatic carbocycles. The molecule has 1 heterocycles. The number of likely N-dealkylation sites (tertiary alicyclic amines) is 1. The van der Waals surface area contributed by atoms with Crippen molar-refractivity contribution in [2.75, 3.05) is 19.6 Å². The van der Waals surface area contributed by atoms with E-state index in [1.165, 1.54) is 0 Å². The van der Waals surface area contributed by atoms with Gasteiger partial charge in [-0.1, -0.05) is 13.0 Å². The first-order chi connectivity index (χ1) is 6.56. The first-order valence-electron chi connectivity index (χ1n) is 5.11. The molecule has 1 N–H and O–H groups in total.